The van der Waals surface area contributed by atoms with E-state index in [4.69, 9.17) is 4.74 Å². The van der Waals surface area contributed by atoms with Gasteiger partial charge in [0.1, 0.15) is 0 Å². The average Bonchev–Trinajstić information content (AvgIpc) is 2.57. The van der Waals surface area contributed by atoms with Crippen LogP contribution in [0.3, 0.4) is 0 Å². The molecule has 1 unspecified atom stereocenters. The Morgan fingerprint density at radius 3 is 2.28 bits per heavy atom. The quantitative estimate of drug-likeness (QED) is 0.666. The molecule has 0 aliphatic carbocycles. The molecule has 0 heterocycles. The number of ether oxygens (including phenoxy) is 1. The van der Waals surface area contributed by atoms with Crippen molar-refractivity contribution in [3.63, 3.8) is 0 Å². The molecule has 2 rings (SSSR count). The smallest absolute Gasteiger partial charge is 0.339 e. The first-order chi connectivity index (χ1) is 11.8. The van der Waals surface area contributed by atoms with Crippen molar-refractivity contribution in [1.29, 1.82) is 0 Å². The first-order valence-electron chi connectivity index (χ1n) is 7.99. The Balaban J connectivity index is 2.09. The Morgan fingerprint density at radius 1 is 0.960 bits per heavy atom. The van der Waals surface area contributed by atoms with Gasteiger partial charge in [-0.15, -0.1) is 0 Å². The van der Waals surface area contributed by atoms with Crippen LogP contribution in [0.15, 0.2) is 42.5 Å². The van der Waals surface area contributed by atoms with E-state index in [2.05, 4.69) is 5.32 Å². The minimum absolute atomic E-state index is 0.157. The Morgan fingerprint density at radius 2 is 1.60 bits per heavy atom. The number of hydrogen-bond acceptors (Lipinski definition) is 4. The number of para-hydroxylation sites is 1. The molecule has 0 saturated carbocycles. The monoisotopic (exact) mass is 339 g/mol. The summed E-state index contributed by atoms with van der Waals surface area (Å²) in [6, 6.07) is 12.0. The third-order valence-corrected chi connectivity index (χ3v) is 4.04. The van der Waals surface area contributed by atoms with Crippen LogP contribution in [0.2, 0.25) is 0 Å². The largest absolute Gasteiger partial charge is 0.449 e. The molecule has 0 radical (unpaired) electrons. The average molecular weight is 339 g/mol. The molecule has 25 heavy (non-hydrogen) atoms. The predicted octanol–water partition coefficient (Wildman–Crippen LogP) is 3.69. The fourth-order valence-electron chi connectivity index (χ4n) is 2.38. The maximum Gasteiger partial charge on any atom is 0.339 e. The van der Waals surface area contributed by atoms with Crippen LogP contribution in [-0.2, 0) is 9.53 Å². The zero-order chi connectivity index (χ0) is 18.6. The van der Waals surface area contributed by atoms with Crippen LogP contribution in [0.4, 0.5) is 5.69 Å². The second-order valence-electron chi connectivity index (χ2n) is 5.89. The van der Waals surface area contributed by atoms with E-state index in [9.17, 15) is 14.4 Å². The Hall–Kier alpha value is -2.95. The number of anilines is 1. The van der Waals surface area contributed by atoms with E-state index in [0.717, 1.165) is 11.1 Å². The molecule has 5 heteroatoms. The predicted molar refractivity (Wildman–Crippen MR) is 95.9 cm³/mol. The van der Waals surface area contributed by atoms with E-state index < -0.39 is 18.0 Å². The van der Waals surface area contributed by atoms with Crippen molar-refractivity contribution in [3.8, 4) is 0 Å². The van der Waals surface area contributed by atoms with Crippen molar-refractivity contribution < 1.29 is 19.1 Å². The van der Waals surface area contributed by atoms with Crippen LogP contribution in [0.1, 0.15) is 45.7 Å². The summed E-state index contributed by atoms with van der Waals surface area (Å²) in [5.74, 6) is -1.20. The van der Waals surface area contributed by atoms with Gasteiger partial charge in [-0.1, -0.05) is 24.3 Å². The van der Waals surface area contributed by atoms with E-state index in [1.807, 2.05) is 19.9 Å². The van der Waals surface area contributed by atoms with E-state index >= 15 is 0 Å². The third kappa shape index (κ3) is 4.32. The summed E-state index contributed by atoms with van der Waals surface area (Å²) in [5.41, 5.74) is 3.03. The highest BCUT2D eigenvalue weighted by Crippen LogP contribution is 2.17. The van der Waals surface area contributed by atoms with Crippen molar-refractivity contribution >= 4 is 23.3 Å². The van der Waals surface area contributed by atoms with Gasteiger partial charge in [-0.2, -0.15) is 0 Å². The van der Waals surface area contributed by atoms with Gasteiger partial charge in [0.05, 0.1) is 11.3 Å². The number of Topliss-reactive ketones (excluding diaryl/α,β-unsaturated/α-hetero) is 1. The zero-order valence-corrected chi connectivity index (χ0v) is 14.8. The van der Waals surface area contributed by atoms with Gasteiger partial charge < -0.3 is 10.1 Å². The Bertz CT molecular complexity index is 826. The highest BCUT2D eigenvalue weighted by Gasteiger charge is 2.21. The van der Waals surface area contributed by atoms with Crippen LogP contribution >= 0.6 is 0 Å². The molecule has 0 saturated heterocycles. The Labute approximate surface area is 147 Å². The van der Waals surface area contributed by atoms with Gasteiger partial charge in [-0.3, -0.25) is 9.59 Å². The molecule has 1 atom stereocenters. The standard InChI is InChI=1S/C20H21NO4/c1-12-8-7-10-16(13(12)2)20(24)25-15(4)19(23)21-18-11-6-5-9-17(18)14(3)22/h5-11,15H,1-4H3,(H,21,23). The number of hydrogen-bond donors (Lipinski definition) is 1. The molecule has 2 aromatic carbocycles. The number of carbonyl (C=O) groups is 3. The van der Waals surface area contributed by atoms with Gasteiger partial charge in [-0.05, 0) is 57.0 Å². The second kappa shape index (κ2) is 7.75. The molecule has 0 spiro atoms. The molecule has 0 aliphatic rings. The molecule has 5 nitrogen and oxygen atoms in total. The summed E-state index contributed by atoms with van der Waals surface area (Å²) >= 11 is 0. The van der Waals surface area contributed by atoms with Gasteiger partial charge in [-0.25, -0.2) is 4.79 Å². The maximum atomic E-state index is 12.3. The van der Waals surface area contributed by atoms with Crippen LogP contribution in [0.5, 0.6) is 0 Å². The van der Waals surface area contributed by atoms with E-state index in [1.165, 1.54) is 13.8 Å². The summed E-state index contributed by atoms with van der Waals surface area (Å²) in [5, 5.41) is 2.64. The number of amides is 1. The van der Waals surface area contributed by atoms with Crippen LogP contribution in [0, 0.1) is 13.8 Å². The molecule has 0 aromatic heterocycles. The molecule has 0 fully saturated rings. The number of ketones is 1. The van der Waals surface area contributed by atoms with Crippen molar-refractivity contribution in [2.45, 2.75) is 33.8 Å². The molecule has 0 aliphatic heterocycles. The van der Waals surface area contributed by atoms with E-state index in [1.54, 1.807) is 36.4 Å². The molecule has 2 aromatic rings. The summed E-state index contributed by atoms with van der Waals surface area (Å²) in [7, 11) is 0. The Kier molecular flexibility index (Phi) is 5.70. The molecular weight excluding hydrogens is 318 g/mol. The summed E-state index contributed by atoms with van der Waals surface area (Å²) in [6.45, 7) is 6.66. The summed E-state index contributed by atoms with van der Waals surface area (Å²) in [6.07, 6.45) is -0.993. The number of aryl methyl sites for hydroxylation is 1. The lowest BCUT2D eigenvalue weighted by atomic mass is 10.0. The second-order valence-corrected chi connectivity index (χ2v) is 5.89. The SMILES string of the molecule is CC(=O)c1ccccc1NC(=O)C(C)OC(=O)c1cccc(C)c1C. The highest BCUT2D eigenvalue weighted by molar-refractivity contribution is 6.05. The minimum Gasteiger partial charge on any atom is -0.449 e. The topological polar surface area (TPSA) is 72.5 Å². The highest BCUT2D eigenvalue weighted by atomic mass is 16.5. The van der Waals surface area contributed by atoms with Crippen LogP contribution < -0.4 is 5.32 Å². The maximum absolute atomic E-state index is 12.3. The van der Waals surface area contributed by atoms with Gasteiger partial charge in [0.25, 0.3) is 5.91 Å². The number of carbonyl (C=O) groups excluding carboxylic acids is 3. The lowest BCUT2D eigenvalue weighted by Crippen LogP contribution is -2.30. The zero-order valence-electron chi connectivity index (χ0n) is 14.8. The molecule has 1 amide bonds. The third-order valence-electron chi connectivity index (χ3n) is 4.04. The number of benzene rings is 2. The first kappa shape index (κ1) is 18.4. The van der Waals surface area contributed by atoms with E-state index in [-0.39, 0.29) is 5.78 Å². The van der Waals surface area contributed by atoms with Gasteiger partial charge >= 0.3 is 5.97 Å². The number of rotatable bonds is 5. The van der Waals surface area contributed by atoms with Gasteiger partial charge in [0, 0.05) is 5.56 Å². The first-order valence-corrected chi connectivity index (χ1v) is 7.99. The van der Waals surface area contributed by atoms with Gasteiger partial charge in [0.15, 0.2) is 11.9 Å². The molecule has 130 valence electrons. The lowest BCUT2D eigenvalue weighted by Gasteiger charge is -2.16. The molecular formula is C20H21NO4. The summed E-state index contributed by atoms with van der Waals surface area (Å²) in [4.78, 5) is 36.2. The van der Waals surface area contributed by atoms with Crippen molar-refractivity contribution in [3.05, 3.63) is 64.7 Å². The molecule has 1 N–H and O–H groups in total. The van der Waals surface area contributed by atoms with E-state index in [0.29, 0.717) is 16.8 Å². The number of nitrogens with one attached hydrogen (secondary N) is 1. The normalized spacial score (nSPS) is 11.5. The van der Waals surface area contributed by atoms with Gasteiger partial charge in [0.2, 0.25) is 0 Å². The number of esters is 1. The van der Waals surface area contributed by atoms with Crippen molar-refractivity contribution in [2.75, 3.05) is 5.32 Å². The summed E-state index contributed by atoms with van der Waals surface area (Å²) < 4.78 is 5.27. The fourth-order valence-corrected chi connectivity index (χ4v) is 2.38. The van der Waals surface area contributed by atoms with Crippen molar-refractivity contribution in [2.24, 2.45) is 0 Å². The minimum atomic E-state index is -0.993. The van der Waals surface area contributed by atoms with Crippen LogP contribution in [0.25, 0.3) is 0 Å². The van der Waals surface area contributed by atoms with Crippen LogP contribution in [-0.4, -0.2) is 23.8 Å². The lowest BCUT2D eigenvalue weighted by molar-refractivity contribution is -0.123. The van der Waals surface area contributed by atoms with Crippen molar-refractivity contribution in [1.82, 2.24) is 0 Å². The molecule has 0 bridgehead atoms. The fraction of sp³-hybridized carbons (Fsp3) is 0.250.